The number of nitrogens with one attached hydrogen (secondary N) is 2. The number of methoxy groups -OCH3 is 1. The van der Waals surface area contributed by atoms with E-state index in [4.69, 9.17) is 16.3 Å². The normalized spacial score (nSPS) is 21.2. The van der Waals surface area contributed by atoms with E-state index >= 15 is 0 Å². The van der Waals surface area contributed by atoms with E-state index < -0.39 is 0 Å². The van der Waals surface area contributed by atoms with Crippen molar-refractivity contribution < 1.29 is 19.2 Å². The van der Waals surface area contributed by atoms with Crippen LogP contribution in [-0.4, -0.2) is 56.0 Å². The fourth-order valence-corrected chi connectivity index (χ4v) is 3.74. The zero-order valence-electron chi connectivity index (χ0n) is 16.0. The number of likely N-dealkylation sites (N-methyl/N-ethyl adjacent to an activating group) is 1. The summed E-state index contributed by atoms with van der Waals surface area (Å²) in [4.78, 5) is 27.8. The van der Waals surface area contributed by atoms with Crippen LogP contribution in [0.4, 0.5) is 5.69 Å². The van der Waals surface area contributed by atoms with Gasteiger partial charge in [-0.3, -0.25) is 9.59 Å². The van der Waals surface area contributed by atoms with Crippen LogP contribution in [0.15, 0.2) is 18.2 Å². The van der Waals surface area contributed by atoms with Crippen molar-refractivity contribution in [2.75, 3.05) is 32.6 Å². The second kappa shape index (κ2) is 9.24. The summed E-state index contributed by atoms with van der Waals surface area (Å²) in [6.45, 7) is 4.69. The van der Waals surface area contributed by atoms with Gasteiger partial charge in [-0.05, 0) is 51.3 Å². The quantitative estimate of drug-likeness (QED) is 0.785. The third kappa shape index (κ3) is 5.35. The fraction of sp³-hybridized carbons (Fsp3) is 0.579. The van der Waals surface area contributed by atoms with Gasteiger partial charge in [0.1, 0.15) is 5.75 Å². The standard InChI is InChI=1S/C19H28ClN3O3/c1-13-6-5-7-14(2)23(13)19(25)12-22(3)11-18(24)21-16-10-15(20)8-9-17(16)26-4/h8-10,13-14H,5-7,11-12H2,1-4H3,(H,21,24)/p+1/t13-,14+. The van der Waals surface area contributed by atoms with E-state index in [1.807, 2.05) is 11.9 Å². The summed E-state index contributed by atoms with van der Waals surface area (Å²) < 4.78 is 5.23. The number of hydrogen-bond donors (Lipinski definition) is 2. The Balaban J connectivity index is 1.91. The molecular weight excluding hydrogens is 354 g/mol. The number of benzene rings is 1. The number of anilines is 1. The molecule has 3 atom stereocenters. The lowest BCUT2D eigenvalue weighted by Crippen LogP contribution is -3.11. The zero-order valence-corrected chi connectivity index (χ0v) is 16.7. The molecule has 1 unspecified atom stereocenters. The van der Waals surface area contributed by atoms with Gasteiger partial charge in [-0.15, -0.1) is 0 Å². The Bertz CT molecular complexity index is 643. The van der Waals surface area contributed by atoms with Crippen LogP contribution in [0.3, 0.4) is 0 Å². The molecule has 0 saturated carbocycles. The van der Waals surface area contributed by atoms with Gasteiger partial charge in [0.2, 0.25) is 0 Å². The predicted molar refractivity (Wildman–Crippen MR) is 103 cm³/mol. The molecule has 1 aromatic carbocycles. The smallest absolute Gasteiger partial charge is 0.279 e. The number of carbonyl (C=O) groups is 2. The summed E-state index contributed by atoms with van der Waals surface area (Å²) in [5, 5.41) is 3.33. The molecule has 1 heterocycles. The summed E-state index contributed by atoms with van der Waals surface area (Å²) in [7, 11) is 3.39. The molecule has 0 aromatic heterocycles. The average molecular weight is 383 g/mol. The highest BCUT2D eigenvalue weighted by Gasteiger charge is 2.30. The van der Waals surface area contributed by atoms with Crippen molar-refractivity contribution >= 4 is 29.1 Å². The average Bonchev–Trinajstić information content (AvgIpc) is 2.54. The first-order chi connectivity index (χ1) is 12.3. The van der Waals surface area contributed by atoms with Crippen molar-refractivity contribution in [3.63, 3.8) is 0 Å². The van der Waals surface area contributed by atoms with Gasteiger partial charge >= 0.3 is 0 Å². The maximum Gasteiger partial charge on any atom is 0.279 e. The Morgan fingerprint density at radius 2 is 1.92 bits per heavy atom. The Morgan fingerprint density at radius 3 is 2.54 bits per heavy atom. The Hall–Kier alpha value is -1.79. The van der Waals surface area contributed by atoms with Gasteiger partial charge in [0.15, 0.2) is 13.1 Å². The first-order valence-corrected chi connectivity index (χ1v) is 9.45. The highest BCUT2D eigenvalue weighted by molar-refractivity contribution is 6.31. The Morgan fingerprint density at radius 1 is 1.27 bits per heavy atom. The number of amides is 2. The highest BCUT2D eigenvalue weighted by Crippen LogP contribution is 2.27. The Kier molecular flexibility index (Phi) is 7.29. The molecule has 6 nitrogen and oxygen atoms in total. The minimum absolute atomic E-state index is 0.107. The largest absolute Gasteiger partial charge is 0.495 e. The lowest BCUT2D eigenvalue weighted by Gasteiger charge is -2.39. The van der Waals surface area contributed by atoms with Gasteiger partial charge in [-0.1, -0.05) is 11.6 Å². The summed E-state index contributed by atoms with van der Waals surface area (Å²) in [5.41, 5.74) is 0.530. The number of likely N-dealkylation sites (tertiary alicyclic amines) is 1. The molecule has 26 heavy (non-hydrogen) atoms. The summed E-state index contributed by atoms with van der Waals surface area (Å²) in [6.07, 6.45) is 3.26. The van der Waals surface area contributed by atoms with E-state index in [0.29, 0.717) is 23.0 Å². The van der Waals surface area contributed by atoms with E-state index in [1.54, 1.807) is 18.2 Å². The van der Waals surface area contributed by atoms with Gasteiger partial charge < -0.3 is 19.9 Å². The van der Waals surface area contributed by atoms with Gasteiger partial charge in [0.05, 0.1) is 19.8 Å². The third-order valence-electron chi connectivity index (χ3n) is 4.83. The number of piperidine rings is 1. The van der Waals surface area contributed by atoms with Crippen molar-refractivity contribution in [3.05, 3.63) is 23.2 Å². The number of halogens is 1. The van der Waals surface area contributed by atoms with Crippen LogP contribution in [-0.2, 0) is 9.59 Å². The lowest BCUT2D eigenvalue weighted by atomic mass is 9.97. The molecule has 1 aromatic rings. The van der Waals surface area contributed by atoms with E-state index in [2.05, 4.69) is 19.2 Å². The van der Waals surface area contributed by atoms with Crippen LogP contribution >= 0.6 is 11.6 Å². The van der Waals surface area contributed by atoms with E-state index in [1.165, 1.54) is 13.5 Å². The first kappa shape index (κ1) is 20.5. The van der Waals surface area contributed by atoms with E-state index in [-0.39, 0.29) is 30.4 Å². The molecule has 2 N–H and O–H groups in total. The summed E-state index contributed by atoms with van der Waals surface area (Å²) in [5.74, 6) is 0.471. The summed E-state index contributed by atoms with van der Waals surface area (Å²) >= 11 is 5.98. The molecule has 2 rings (SSSR count). The van der Waals surface area contributed by atoms with Crippen molar-refractivity contribution in [3.8, 4) is 5.75 Å². The van der Waals surface area contributed by atoms with Crippen LogP contribution < -0.4 is 15.0 Å². The molecule has 1 fully saturated rings. The number of carbonyl (C=O) groups excluding carboxylic acids is 2. The van der Waals surface area contributed by atoms with E-state index in [0.717, 1.165) is 17.7 Å². The van der Waals surface area contributed by atoms with Crippen LogP contribution in [0.2, 0.25) is 5.02 Å². The van der Waals surface area contributed by atoms with Crippen LogP contribution in [0, 0.1) is 0 Å². The maximum absolute atomic E-state index is 12.7. The minimum Gasteiger partial charge on any atom is -0.495 e. The fourth-order valence-electron chi connectivity index (χ4n) is 3.57. The molecule has 0 bridgehead atoms. The topological polar surface area (TPSA) is 63.1 Å². The molecule has 0 spiro atoms. The number of hydrogen-bond acceptors (Lipinski definition) is 3. The van der Waals surface area contributed by atoms with Gasteiger partial charge in [0, 0.05) is 17.1 Å². The molecule has 7 heteroatoms. The highest BCUT2D eigenvalue weighted by atomic mass is 35.5. The molecule has 1 aliphatic rings. The monoisotopic (exact) mass is 382 g/mol. The summed E-state index contributed by atoms with van der Waals surface area (Å²) in [6, 6.07) is 5.59. The van der Waals surface area contributed by atoms with Crippen LogP contribution in [0.5, 0.6) is 5.75 Å². The molecule has 144 valence electrons. The second-order valence-corrected chi connectivity index (χ2v) is 7.57. The van der Waals surface area contributed by atoms with Gasteiger partial charge in [-0.25, -0.2) is 0 Å². The maximum atomic E-state index is 12.7. The van der Waals surface area contributed by atoms with Crippen LogP contribution in [0.1, 0.15) is 33.1 Å². The Labute approximate surface area is 160 Å². The van der Waals surface area contributed by atoms with Crippen LogP contribution in [0.25, 0.3) is 0 Å². The minimum atomic E-state index is -0.185. The van der Waals surface area contributed by atoms with Crippen molar-refractivity contribution in [2.45, 2.75) is 45.2 Å². The molecule has 0 aliphatic carbocycles. The number of quaternary nitrogens is 1. The lowest BCUT2D eigenvalue weighted by molar-refractivity contribution is -0.862. The van der Waals surface area contributed by atoms with Crippen molar-refractivity contribution in [1.82, 2.24) is 4.90 Å². The van der Waals surface area contributed by atoms with Gasteiger partial charge in [-0.2, -0.15) is 0 Å². The van der Waals surface area contributed by atoms with E-state index in [9.17, 15) is 9.59 Å². The molecule has 1 saturated heterocycles. The molecule has 0 radical (unpaired) electrons. The third-order valence-corrected chi connectivity index (χ3v) is 5.07. The number of ether oxygens (including phenoxy) is 1. The van der Waals surface area contributed by atoms with Gasteiger partial charge in [0.25, 0.3) is 11.8 Å². The zero-order chi connectivity index (χ0) is 19.3. The van der Waals surface area contributed by atoms with Crippen molar-refractivity contribution in [2.24, 2.45) is 0 Å². The SMILES string of the molecule is COc1ccc(Cl)cc1NC(=O)C[NH+](C)CC(=O)N1[C@H](C)CCC[C@@H]1C. The molecule has 2 amide bonds. The van der Waals surface area contributed by atoms with Crippen molar-refractivity contribution in [1.29, 1.82) is 0 Å². The first-order valence-electron chi connectivity index (χ1n) is 9.07. The predicted octanol–water partition coefficient (Wildman–Crippen LogP) is 1.59. The number of rotatable bonds is 6. The molecular formula is C19H29ClN3O3+. The second-order valence-electron chi connectivity index (χ2n) is 7.13. The molecule has 1 aliphatic heterocycles. The number of nitrogens with zero attached hydrogens (tertiary/aromatic N) is 1.